The molecule has 3 aromatic rings. The molecule has 0 fully saturated rings. The smallest absolute Gasteiger partial charge is 0.129 e. The lowest BCUT2D eigenvalue weighted by Crippen LogP contribution is -2.10. The van der Waals surface area contributed by atoms with E-state index >= 15 is 0 Å². The predicted molar refractivity (Wildman–Crippen MR) is 119 cm³/mol. The lowest BCUT2D eigenvalue weighted by molar-refractivity contribution is 0.0441. The summed E-state index contributed by atoms with van der Waals surface area (Å²) < 4.78 is 20.6. The summed E-state index contributed by atoms with van der Waals surface area (Å²) in [5.41, 5.74) is 13.1. The molecule has 0 aromatic heterocycles. The van der Waals surface area contributed by atoms with E-state index in [4.69, 9.17) is 10.3 Å². The van der Waals surface area contributed by atoms with Gasteiger partial charge in [0.1, 0.15) is 5.82 Å². The fourth-order valence-electron chi connectivity index (χ4n) is 3.23. The van der Waals surface area contributed by atoms with Gasteiger partial charge in [0, 0.05) is 10.5 Å². The number of halogens is 1. The first kappa shape index (κ1) is 21.6. The highest BCUT2D eigenvalue weighted by Crippen LogP contribution is 2.28. The Kier molecular flexibility index (Phi) is 6.88. The second kappa shape index (κ2) is 9.57. The van der Waals surface area contributed by atoms with Gasteiger partial charge in [-0.25, -0.2) is 4.39 Å². The fraction of sp³-hybridized carbons (Fsp3) is 0.280. The third kappa shape index (κ3) is 5.47. The van der Waals surface area contributed by atoms with Crippen molar-refractivity contribution in [2.45, 2.75) is 38.9 Å². The van der Waals surface area contributed by atoms with Crippen molar-refractivity contribution >= 4 is 0 Å². The number of hydrogen-bond donors (Lipinski definition) is 0. The van der Waals surface area contributed by atoms with Crippen LogP contribution in [-0.4, -0.2) is 6.54 Å². The first-order valence-corrected chi connectivity index (χ1v) is 9.95. The van der Waals surface area contributed by atoms with Crippen LogP contribution >= 0.6 is 0 Å². The minimum Gasteiger partial charge on any atom is -0.369 e. The number of nitrogens with zero attached hydrogens (tertiary/aromatic N) is 3. The van der Waals surface area contributed by atoms with Crippen LogP contribution < -0.4 is 0 Å². The Morgan fingerprint density at radius 3 is 2.23 bits per heavy atom. The van der Waals surface area contributed by atoms with Crippen LogP contribution in [0, 0.1) is 5.82 Å². The Bertz CT molecular complexity index is 1020. The number of rotatable bonds is 7. The van der Waals surface area contributed by atoms with Gasteiger partial charge in [0.05, 0.1) is 19.3 Å². The van der Waals surface area contributed by atoms with Gasteiger partial charge in [-0.2, -0.15) is 0 Å². The first-order chi connectivity index (χ1) is 14.4. The molecule has 0 aliphatic heterocycles. The Hall–Kier alpha value is -3.14. The molecule has 0 N–H and O–H groups in total. The summed E-state index contributed by atoms with van der Waals surface area (Å²) in [6, 6.07) is 22.9. The second-order valence-electron chi connectivity index (χ2n) is 8.26. The molecule has 0 unspecified atom stereocenters. The summed E-state index contributed by atoms with van der Waals surface area (Å²) in [6.07, 6.45) is -0.425. The van der Waals surface area contributed by atoms with E-state index in [9.17, 15) is 4.39 Å². The summed E-state index contributed by atoms with van der Waals surface area (Å²) in [4.78, 5) is 2.81. The molecule has 0 amide bonds. The molecule has 5 heteroatoms. The summed E-state index contributed by atoms with van der Waals surface area (Å²) >= 11 is 0. The van der Waals surface area contributed by atoms with E-state index < -0.39 is 6.10 Å². The Labute approximate surface area is 177 Å². The van der Waals surface area contributed by atoms with Crippen LogP contribution in [-0.2, 0) is 16.8 Å². The summed E-state index contributed by atoms with van der Waals surface area (Å²) in [5.74, 6) is -0.317. The molecule has 3 aromatic carbocycles. The number of azide groups is 1. The summed E-state index contributed by atoms with van der Waals surface area (Å²) in [7, 11) is 0. The van der Waals surface area contributed by atoms with Crippen molar-refractivity contribution < 1.29 is 9.13 Å². The molecule has 0 spiro atoms. The minimum atomic E-state index is -0.425. The van der Waals surface area contributed by atoms with Crippen LogP contribution in [0.1, 0.15) is 43.6 Å². The minimum absolute atomic E-state index is 0.0792. The molecule has 0 radical (unpaired) electrons. The molecule has 0 aliphatic rings. The van der Waals surface area contributed by atoms with Crippen LogP contribution in [0.2, 0.25) is 0 Å². The molecule has 0 aliphatic carbocycles. The molecule has 4 nitrogen and oxygen atoms in total. The van der Waals surface area contributed by atoms with Crippen molar-refractivity contribution in [1.82, 2.24) is 0 Å². The average molecular weight is 404 g/mol. The SMILES string of the molecule is CC(C)(C)c1ccc(-c2ccc(CO[C@@H](CN=[N+]=[N-])c3ccccc3)c(F)c2)cc1. The van der Waals surface area contributed by atoms with Gasteiger partial charge in [0.15, 0.2) is 0 Å². The zero-order valence-corrected chi connectivity index (χ0v) is 17.5. The van der Waals surface area contributed by atoms with Gasteiger partial charge < -0.3 is 4.74 Å². The highest BCUT2D eigenvalue weighted by atomic mass is 19.1. The van der Waals surface area contributed by atoms with E-state index in [-0.39, 0.29) is 24.4 Å². The van der Waals surface area contributed by atoms with Gasteiger partial charge in [0.25, 0.3) is 0 Å². The van der Waals surface area contributed by atoms with E-state index in [0.717, 1.165) is 16.7 Å². The van der Waals surface area contributed by atoms with Crippen LogP contribution in [0.4, 0.5) is 4.39 Å². The largest absolute Gasteiger partial charge is 0.369 e. The molecule has 0 heterocycles. The standard InChI is InChI=1S/C25H26FN3O/c1-25(2,3)22-13-11-18(12-14-22)20-9-10-21(23(26)15-20)17-30-24(16-28-29-27)19-7-5-4-6-8-19/h4-15,24H,16-17H2,1-3H3/t24-/m0/s1. The van der Waals surface area contributed by atoms with Crippen molar-refractivity contribution in [3.63, 3.8) is 0 Å². The van der Waals surface area contributed by atoms with Gasteiger partial charge in [0.2, 0.25) is 0 Å². The topological polar surface area (TPSA) is 58.0 Å². The number of ether oxygens (including phenoxy) is 1. The molecule has 0 bridgehead atoms. The average Bonchev–Trinajstić information content (AvgIpc) is 2.75. The second-order valence-corrected chi connectivity index (χ2v) is 8.26. The number of benzene rings is 3. The Morgan fingerprint density at radius 2 is 1.63 bits per heavy atom. The molecule has 30 heavy (non-hydrogen) atoms. The van der Waals surface area contributed by atoms with Crippen molar-refractivity contribution in [3.8, 4) is 11.1 Å². The van der Waals surface area contributed by atoms with E-state index in [1.807, 2.05) is 48.5 Å². The maximum absolute atomic E-state index is 14.7. The quantitative estimate of drug-likeness (QED) is 0.231. The molecular formula is C25H26FN3O. The maximum Gasteiger partial charge on any atom is 0.129 e. The molecule has 154 valence electrons. The van der Waals surface area contributed by atoms with Gasteiger partial charge >= 0.3 is 0 Å². The first-order valence-electron chi connectivity index (χ1n) is 9.95. The van der Waals surface area contributed by atoms with Crippen molar-refractivity contribution in [2.75, 3.05) is 6.54 Å². The molecule has 0 saturated carbocycles. The van der Waals surface area contributed by atoms with Gasteiger partial charge in [-0.1, -0.05) is 92.6 Å². The fourth-order valence-corrected chi connectivity index (χ4v) is 3.23. The van der Waals surface area contributed by atoms with Crippen LogP contribution in [0.15, 0.2) is 77.9 Å². The highest BCUT2D eigenvalue weighted by molar-refractivity contribution is 5.64. The van der Waals surface area contributed by atoms with E-state index in [0.29, 0.717) is 5.56 Å². The highest BCUT2D eigenvalue weighted by Gasteiger charge is 2.15. The monoisotopic (exact) mass is 403 g/mol. The van der Waals surface area contributed by atoms with Crippen LogP contribution in [0.5, 0.6) is 0 Å². The summed E-state index contributed by atoms with van der Waals surface area (Å²) in [6.45, 7) is 6.75. The van der Waals surface area contributed by atoms with Gasteiger partial charge in [-0.15, -0.1) is 0 Å². The van der Waals surface area contributed by atoms with Crippen molar-refractivity contribution in [3.05, 3.63) is 106 Å². The normalized spacial score (nSPS) is 12.3. The Balaban J connectivity index is 1.74. The van der Waals surface area contributed by atoms with Gasteiger partial charge in [-0.3, -0.25) is 0 Å². The predicted octanol–water partition coefficient (Wildman–Crippen LogP) is 7.36. The van der Waals surface area contributed by atoms with Crippen molar-refractivity contribution in [1.29, 1.82) is 0 Å². The van der Waals surface area contributed by atoms with Crippen LogP contribution in [0.3, 0.4) is 0 Å². The third-order valence-corrected chi connectivity index (χ3v) is 5.06. The van der Waals surface area contributed by atoms with Gasteiger partial charge in [-0.05, 0) is 39.3 Å². The lowest BCUT2D eigenvalue weighted by atomic mass is 9.86. The molecule has 1 atom stereocenters. The lowest BCUT2D eigenvalue weighted by Gasteiger charge is -2.19. The van der Waals surface area contributed by atoms with E-state index in [1.54, 1.807) is 6.07 Å². The zero-order valence-electron chi connectivity index (χ0n) is 17.5. The zero-order chi connectivity index (χ0) is 21.6. The van der Waals surface area contributed by atoms with E-state index in [1.165, 1.54) is 11.6 Å². The van der Waals surface area contributed by atoms with Crippen molar-refractivity contribution in [2.24, 2.45) is 5.11 Å². The molecule has 3 rings (SSSR count). The molecular weight excluding hydrogens is 377 g/mol. The molecule has 0 saturated heterocycles. The third-order valence-electron chi connectivity index (χ3n) is 5.06. The Morgan fingerprint density at radius 1 is 0.967 bits per heavy atom. The maximum atomic E-state index is 14.7. The van der Waals surface area contributed by atoms with Crippen LogP contribution in [0.25, 0.3) is 21.6 Å². The summed E-state index contributed by atoms with van der Waals surface area (Å²) in [5, 5.41) is 3.62. The number of hydrogen-bond acceptors (Lipinski definition) is 2. The van der Waals surface area contributed by atoms with E-state index in [2.05, 4.69) is 42.9 Å².